The highest BCUT2D eigenvalue weighted by Gasteiger charge is 2.23. The standard InChI is InChI=1S/C12H17BrN2S/c1-16-12-5-3-2-4-11(12)15-10-6-9(13)7-14-8-10/h6-8,11-12,15H,2-5H2,1H3. The van der Waals surface area contributed by atoms with Gasteiger partial charge >= 0.3 is 0 Å². The molecule has 1 aliphatic carbocycles. The van der Waals surface area contributed by atoms with E-state index in [9.17, 15) is 0 Å². The Bertz CT molecular complexity index is 346. The number of rotatable bonds is 3. The first-order valence-electron chi connectivity index (χ1n) is 5.69. The van der Waals surface area contributed by atoms with Gasteiger partial charge in [-0.05, 0) is 41.1 Å². The number of anilines is 1. The molecule has 0 amide bonds. The van der Waals surface area contributed by atoms with E-state index in [1.54, 1.807) is 0 Å². The Kier molecular flexibility index (Phi) is 4.53. The van der Waals surface area contributed by atoms with Gasteiger partial charge in [-0.25, -0.2) is 0 Å². The summed E-state index contributed by atoms with van der Waals surface area (Å²) < 4.78 is 1.04. The highest BCUT2D eigenvalue weighted by molar-refractivity contribution is 9.10. The minimum absolute atomic E-state index is 0.597. The van der Waals surface area contributed by atoms with Gasteiger partial charge in [0.05, 0.1) is 11.9 Å². The lowest BCUT2D eigenvalue weighted by atomic mass is 9.95. The van der Waals surface area contributed by atoms with Gasteiger partial charge in [0, 0.05) is 22.0 Å². The quantitative estimate of drug-likeness (QED) is 0.915. The molecule has 88 valence electrons. The van der Waals surface area contributed by atoms with E-state index in [0.29, 0.717) is 6.04 Å². The summed E-state index contributed by atoms with van der Waals surface area (Å²) in [5.74, 6) is 0. The van der Waals surface area contributed by atoms with Crippen LogP contribution in [-0.2, 0) is 0 Å². The topological polar surface area (TPSA) is 24.9 Å². The number of nitrogens with one attached hydrogen (secondary N) is 1. The summed E-state index contributed by atoms with van der Waals surface area (Å²) in [5, 5.41) is 4.35. The molecule has 0 aromatic carbocycles. The number of nitrogens with zero attached hydrogens (tertiary/aromatic N) is 1. The van der Waals surface area contributed by atoms with Crippen LogP contribution in [0.3, 0.4) is 0 Å². The molecule has 2 nitrogen and oxygen atoms in total. The van der Waals surface area contributed by atoms with Crippen LogP contribution in [0.5, 0.6) is 0 Å². The second-order valence-corrected chi connectivity index (χ2v) is 6.19. The summed E-state index contributed by atoms with van der Waals surface area (Å²) in [4.78, 5) is 4.18. The maximum Gasteiger partial charge on any atom is 0.0540 e. The Labute approximate surface area is 110 Å². The summed E-state index contributed by atoms with van der Waals surface area (Å²) in [5.41, 5.74) is 1.13. The molecule has 4 heteroatoms. The fourth-order valence-electron chi connectivity index (χ4n) is 2.25. The molecule has 16 heavy (non-hydrogen) atoms. The number of aromatic nitrogens is 1. The first-order valence-corrected chi connectivity index (χ1v) is 7.77. The molecule has 1 fully saturated rings. The molecule has 0 radical (unpaired) electrons. The molecule has 1 N–H and O–H groups in total. The Morgan fingerprint density at radius 2 is 2.19 bits per heavy atom. The monoisotopic (exact) mass is 300 g/mol. The molecule has 1 aromatic heterocycles. The van der Waals surface area contributed by atoms with Gasteiger partial charge in [0.15, 0.2) is 0 Å². The Morgan fingerprint density at radius 1 is 1.38 bits per heavy atom. The predicted octanol–water partition coefficient (Wildman–Crippen LogP) is 3.93. The average Bonchev–Trinajstić information content (AvgIpc) is 2.30. The number of halogens is 1. The Balaban J connectivity index is 2.02. The zero-order valence-corrected chi connectivity index (χ0v) is 11.9. The minimum atomic E-state index is 0.597. The van der Waals surface area contributed by atoms with Crippen LogP contribution in [-0.4, -0.2) is 22.5 Å². The van der Waals surface area contributed by atoms with Crippen molar-refractivity contribution in [2.24, 2.45) is 0 Å². The lowest BCUT2D eigenvalue weighted by Crippen LogP contribution is -2.34. The van der Waals surface area contributed by atoms with Crippen molar-refractivity contribution in [2.75, 3.05) is 11.6 Å². The molecule has 1 heterocycles. The largest absolute Gasteiger partial charge is 0.380 e. The van der Waals surface area contributed by atoms with Gasteiger partial charge in [0.1, 0.15) is 0 Å². The normalized spacial score (nSPS) is 25.4. The summed E-state index contributed by atoms with van der Waals surface area (Å²) in [6, 6.07) is 2.69. The van der Waals surface area contributed by atoms with E-state index >= 15 is 0 Å². The number of pyridine rings is 1. The molecule has 1 aromatic rings. The van der Waals surface area contributed by atoms with Crippen LogP contribution in [0.15, 0.2) is 22.9 Å². The first-order chi connectivity index (χ1) is 7.79. The van der Waals surface area contributed by atoms with E-state index in [1.807, 2.05) is 24.2 Å². The van der Waals surface area contributed by atoms with E-state index in [-0.39, 0.29) is 0 Å². The number of thioether (sulfide) groups is 1. The third-order valence-corrected chi connectivity index (χ3v) is 4.67. The molecule has 2 unspecified atom stereocenters. The van der Waals surface area contributed by atoms with Crippen molar-refractivity contribution in [2.45, 2.75) is 37.0 Å². The zero-order valence-electron chi connectivity index (χ0n) is 9.45. The van der Waals surface area contributed by atoms with E-state index in [4.69, 9.17) is 0 Å². The molecule has 0 saturated heterocycles. The summed E-state index contributed by atoms with van der Waals surface area (Å²) >= 11 is 5.43. The van der Waals surface area contributed by atoms with Gasteiger partial charge in [-0.2, -0.15) is 11.8 Å². The Morgan fingerprint density at radius 3 is 2.94 bits per heavy atom. The fourth-order valence-corrected chi connectivity index (χ4v) is 3.55. The molecule has 0 spiro atoms. The highest BCUT2D eigenvalue weighted by atomic mass is 79.9. The van der Waals surface area contributed by atoms with Crippen molar-refractivity contribution >= 4 is 33.4 Å². The van der Waals surface area contributed by atoms with Crippen molar-refractivity contribution in [3.63, 3.8) is 0 Å². The third kappa shape index (κ3) is 3.14. The van der Waals surface area contributed by atoms with Crippen LogP contribution < -0.4 is 5.32 Å². The molecular weight excluding hydrogens is 284 g/mol. The van der Waals surface area contributed by atoms with E-state index in [2.05, 4.69) is 38.6 Å². The number of hydrogen-bond acceptors (Lipinski definition) is 3. The van der Waals surface area contributed by atoms with Crippen molar-refractivity contribution in [1.29, 1.82) is 0 Å². The van der Waals surface area contributed by atoms with Crippen LogP contribution in [0.1, 0.15) is 25.7 Å². The molecule has 1 saturated carbocycles. The summed E-state index contributed by atoms with van der Waals surface area (Å²) in [6.45, 7) is 0. The van der Waals surface area contributed by atoms with Crippen LogP contribution in [0, 0.1) is 0 Å². The summed E-state index contributed by atoms with van der Waals surface area (Å²) in [6.07, 6.45) is 11.3. The molecule has 0 aliphatic heterocycles. The van der Waals surface area contributed by atoms with E-state index in [0.717, 1.165) is 15.4 Å². The van der Waals surface area contributed by atoms with Gasteiger partial charge in [0.25, 0.3) is 0 Å². The van der Waals surface area contributed by atoms with Crippen LogP contribution in [0.4, 0.5) is 5.69 Å². The molecule has 0 bridgehead atoms. The smallest absolute Gasteiger partial charge is 0.0540 e. The molecular formula is C12H17BrN2S. The maximum absolute atomic E-state index is 4.18. The summed E-state index contributed by atoms with van der Waals surface area (Å²) in [7, 11) is 0. The van der Waals surface area contributed by atoms with Crippen molar-refractivity contribution in [1.82, 2.24) is 4.98 Å². The van der Waals surface area contributed by atoms with E-state index < -0.39 is 0 Å². The van der Waals surface area contributed by atoms with Gasteiger partial charge < -0.3 is 5.32 Å². The lowest BCUT2D eigenvalue weighted by Gasteiger charge is -2.31. The first kappa shape index (κ1) is 12.2. The van der Waals surface area contributed by atoms with E-state index in [1.165, 1.54) is 25.7 Å². The highest BCUT2D eigenvalue weighted by Crippen LogP contribution is 2.29. The second-order valence-electron chi connectivity index (χ2n) is 4.20. The van der Waals surface area contributed by atoms with Crippen molar-refractivity contribution in [3.8, 4) is 0 Å². The molecule has 2 rings (SSSR count). The van der Waals surface area contributed by atoms with Crippen LogP contribution >= 0.6 is 27.7 Å². The van der Waals surface area contributed by atoms with Crippen molar-refractivity contribution < 1.29 is 0 Å². The minimum Gasteiger partial charge on any atom is -0.380 e. The van der Waals surface area contributed by atoms with Crippen LogP contribution in [0.25, 0.3) is 0 Å². The maximum atomic E-state index is 4.18. The van der Waals surface area contributed by atoms with Crippen molar-refractivity contribution in [3.05, 3.63) is 22.9 Å². The van der Waals surface area contributed by atoms with Gasteiger partial charge in [-0.1, -0.05) is 12.8 Å². The average molecular weight is 301 g/mol. The fraction of sp³-hybridized carbons (Fsp3) is 0.583. The SMILES string of the molecule is CSC1CCCCC1Nc1cncc(Br)c1. The molecule has 2 atom stereocenters. The Hall–Kier alpha value is -0.220. The van der Waals surface area contributed by atoms with Gasteiger partial charge in [-0.15, -0.1) is 0 Å². The third-order valence-electron chi connectivity index (χ3n) is 3.06. The predicted molar refractivity (Wildman–Crippen MR) is 75.1 cm³/mol. The number of hydrogen-bond donors (Lipinski definition) is 1. The molecule has 1 aliphatic rings. The van der Waals surface area contributed by atoms with Crippen LogP contribution in [0.2, 0.25) is 0 Å². The van der Waals surface area contributed by atoms with Gasteiger partial charge in [0.2, 0.25) is 0 Å². The zero-order chi connectivity index (χ0) is 11.4. The van der Waals surface area contributed by atoms with Gasteiger partial charge in [-0.3, -0.25) is 4.98 Å². The second kappa shape index (κ2) is 5.92. The lowest BCUT2D eigenvalue weighted by molar-refractivity contribution is 0.475.